The van der Waals surface area contributed by atoms with Crippen molar-refractivity contribution in [3.05, 3.63) is 0 Å². The summed E-state index contributed by atoms with van der Waals surface area (Å²) in [6.45, 7) is 8.53. The third kappa shape index (κ3) is 1.97. The molecule has 1 heterocycles. The molecule has 3 nitrogen and oxygen atoms in total. The molecule has 0 amide bonds. The van der Waals surface area contributed by atoms with Crippen molar-refractivity contribution in [3.63, 3.8) is 0 Å². The fourth-order valence-corrected chi connectivity index (χ4v) is 2.76. The fraction of sp³-hybridized carbons (Fsp3) is 0.923. The number of epoxide rings is 1. The van der Waals surface area contributed by atoms with Crippen LogP contribution in [0.5, 0.6) is 0 Å². The molecule has 1 aliphatic rings. The predicted molar refractivity (Wildman–Crippen MR) is 63.3 cm³/mol. The van der Waals surface area contributed by atoms with Gasteiger partial charge in [0.25, 0.3) is 0 Å². The molecule has 1 saturated heterocycles. The fourth-order valence-electron chi connectivity index (χ4n) is 2.76. The van der Waals surface area contributed by atoms with Crippen molar-refractivity contribution in [2.75, 3.05) is 6.61 Å². The second-order valence-corrected chi connectivity index (χ2v) is 4.50. The Kier molecular flexibility index (Phi) is 4.36. The molecular formula is C13H24O3. The maximum absolute atomic E-state index is 12.0. The summed E-state index contributed by atoms with van der Waals surface area (Å²) in [5.41, 5.74) is -0.882. The highest BCUT2D eigenvalue weighted by Gasteiger charge is 2.72. The summed E-state index contributed by atoms with van der Waals surface area (Å²) in [5.74, 6) is -0.167. The van der Waals surface area contributed by atoms with Gasteiger partial charge in [-0.05, 0) is 26.2 Å². The van der Waals surface area contributed by atoms with E-state index in [0.29, 0.717) is 13.0 Å². The molecule has 1 fully saturated rings. The second-order valence-electron chi connectivity index (χ2n) is 4.50. The lowest BCUT2D eigenvalue weighted by Crippen LogP contribution is -2.35. The molecular weight excluding hydrogens is 204 g/mol. The zero-order valence-corrected chi connectivity index (χ0v) is 11.0. The molecule has 94 valence electrons. The lowest BCUT2D eigenvalue weighted by atomic mass is 9.83. The summed E-state index contributed by atoms with van der Waals surface area (Å²) in [6.07, 6.45) is 4.70. The largest absolute Gasteiger partial charge is 0.464 e. The molecule has 1 unspecified atom stereocenters. The number of carbonyl (C=O) groups excluding carboxylic acids is 1. The van der Waals surface area contributed by atoms with E-state index >= 15 is 0 Å². The summed E-state index contributed by atoms with van der Waals surface area (Å²) in [6, 6.07) is 0. The van der Waals surface area contributed by atoms with E-state index in [9.17, 15) is 4.79 Å². The van der Waals surface area contributed by atoms with Gasteiger partial charge in [-0.25, -0.2) is 4.79 Å². The first kappa shape index (κ1) is 13.5. The molecule has 1 aliphatic heterocycles. The third-order valence-electron chi connectivity index (χ3n) is 3.47. The zero-order valence-electron chi connectivity index (χ0n) is 11.0. The first-order valence-corrected chi connectivity index (χ1v) is 6.49. The summed E-state index contributed by atoms with van der Waals surface area (Å²) < 4.78 is 11.0. The van der Waals surface area contributed by atoms with E-state index in [4.69, 9.17) is 9.47 Å². The minimum atomic E-state index is -0.644. The molecule has 0 bridgehead atoms. The van der Waals surface area contributed by atoms with E-state index in [-0.39, 0.29) is 11.6 Å². The van der Waals surface area contributed by atoms with Crippen molar-refractivity contribution in [1.82, 2.24) is 0 Å². The quantitative estimate of drug-likeness (QED) is 0.496. The average molecular weight is 228 g/mol. The van der Waals surface area contributed by atoms with Crippen molar-refractivity contribution in [1.29, 1.82) is 0 Å². The van der Waals surface area contributed by atoms with Gasteiger partial charge in [0.15, 0.2) is 5.60 Å². The predicted octanol–water partition coefficient (Wildman–Crippen LogP) is 3.07. The van der Waals surface area contributed by atoms with Gasteiger partial charge in [0, 0.05) is 0 Å². The first-order chi connectivity index (χ1) is 7.62. The molecule has 0 aliphatic carbocycles. The van der Waals surface area contributed by atoms with E-state index in [0.717, 1.165) is 25.7 Å². The van der Waals surface area contributed by atoms with Gasteiger partial charge in [-0.15, -0.1) is 0 Å². The SMILES string of the molecule is CCCC1(CCC)OC1(CC)C(=O)OCC. The standard InChI is InChI=1S/C13H24O3/c1-5-9-12(10-6-2)13(7-3,16-12)11(14)15-8-4/h5-10H2,1-4H3. The van der Waals surface area contributed by atoms with Crippen LogP contribution in [0.1, 0.15) is 59.8 Å². The van der Waals surface area contributed by atoms with Gasteiger partial charge >= 0.3 is 5.97 Å². The highest BCUT2D eigenvalue weighted by molar-refractivity contribution is 5.84. The summed E-state index contributed by atoms with van der Waals surface area (Å²) in [7, 11) is 0. The van der Waals surface area contributed by atoms with Gasteiger partial charge in [-0.1, -0.05) is 33.6 Å². The van der Waals surface area contributed by atoms with Gasteiger partial charge in [0.1, 0.15) is 5.60 Å². The van der Waals surface area contributed by atoms with E-state index < -0.39 is 5.60 Å². The molecule has 1 rings (SSSR count). The van der Waals surface area contributed by atoms with Crippen LogP contribution in [0, 0.1) is 0 Å². The molecule has 0 N–H and O–H groups in total. The Morgan fingerprint density at radius 2 is 1.69 bits per heavy atom. The molecule has 3 heteroatoms. The monoisotopic (exact) mass is 228 g/mol. The van der Waals surface area contributed by atoms with Crippen molar-refractivity contribution in [3.8, 4) is 0 Å². The normalized spacial score (nSPS) is 26.5. The first-order valence-electron chi connectivity index (χ1n) is 6.49. The molecule has 0 spiro atoms. The molecule has 0 saturated carbocycles. The lowest BCUT2D eigenvalue weighted by molar-refractivity contribution is -0.149. The summed E-state index contributed by atoms with van der Waals surface area (Å²) in [5, 5.41) is 0. The van der Waals surface area contributed by atoms with Crippen molar-refractivity contribution < 1.29 is 14.3 Å². The number of carbonyl (C=O) groups is 1. The van der Waals surface area contributed by atoms with Gasteiger partial charge in [0.2, 0.25) is 0 Å². The van der Waals surface area contributed by atoms with Gasteiger partial charge in [0.05, 0.1) is 6.61 Å². The van der Waals surface area contributed by atoms with E-state index in [1.165, 1.54) is 0 Å². The third-order valence-corrected chi connectivity index (χ3v) is 3.47. The van der Waals surface area contributed by atoms with Crippen LogP contribution in [0.3, 0.4) is 0 Å². The Labute approximate surface area is 98.5 Å². The van der Waals surface area contributed by atoms with Gasteiger partial charge < -0.3 is 9.47 Å². The van der Waals surface area contributed by atoms with Crippen LogP contribution in [0.4, 0.5) is 0 Å². The maximum atomic E-state index is 12.0. The van der Waals surface area contributed by atoms with Crippen LogP contribution in [0.25, 0.3) is 0 Å². The summed E-state index contributed by atoms with van der Waals surface area (Å²) in [4.78, 5) is 12.0. The molecule has 0 aromatic carbocycles. The van der Waals surface area contributed by atoms with Crippen molar-refractivity contribution in [2.45, 2.75) is 71.0 Å². The average Bonchev–Trinajstić information content (AvgIpc) is 2.89. The lowest BCUT2D eigenvalue weighted by Gasteiger charge is -2.16. The molecule has 0 aromatic heterocycles. The molecule has 1 atom stereocenters. The zero-order chi connectivity index (χ0) is 12.2. The molecule has 16 heavy (non-hydrogen) atoms. The van der Waals surface area contributed by atoms with Gasteiger partial charge in [-0.2, -0.15) is 0 Å². The van der Waals surface area contributed by atoms with E-state index in [1.54, 1.807) is 0 Å². The highest BCUT2D eigenvalue weighted by atomic mass is 16.7. The van der Waals surface area contributed by atoms with E-state index in [1.807, 2.05) is 13.8 Å². The van der Waals surface area contributed by atoms with Crippen molar-refractivity contribution in [2.24, 2.45) is 0 Å². The van der Waals surface area contributed by atoms with Crippen LogP contribution >= 0.6 is 0 Å². The van der Waals surface area contributed by atoms with Crippen LogP contribution < -0.4 is 0 Å². The Morgan fingerprint density at radius 1 is 1.12 bits per heavy atom. The van der Waals surface area contributed by atoms with Crippen LogP contribution in [-0.2, 0) is 14.3 Å². The second kappa shape index (κ2) is 5.17. The van der Waals surface area contributed by atoms with Crippen LogP contribution in [0.2, 0.25) is 0 Å². The molecule has 0 radical (unpaired) electrons. The maximum Gasteiger partial charge on any atom is 0.341 e. The summed E-state index contributed by atoms with van der Waals surface area (Å²) >= 11 is 0. The molecule has 0 aromatic rings. The smallest absolute Gasteiger partial charge is 0.341 e. The Morgan fingerprint density at radius 3 is 2.06 bits per heavy atom. The van der Waals surface area contributed by atoms with Crippen LogP contribution in [-0.4, -0.2) is 23.8 Å². The Balaban J connectivity index is 2.79. The minimum absolute atomic E-state index is 0.167. The van der Waals surface area contributed by atoms with E-state index in [2.05, 4.69) is 13.8 Å². The number of ether oxygens (including phenoxy) is 2. The number of hydrogen-bond acceptors (Lipinski definition) is 3. The van der Waals surface area contributed by atoms with Gasteiger partial charge in [-0.3, -0.25) is 0 Å². The van der Waals surface area contributed by atoms with Crippen LogP contribution in [0.15, 0.2) is 0 Å². The number of rotatable bonds is 7. The number of esters is 1. The Hall–Kier alpha value is -0.570. The highest BCUT2D eigenvalue weighted by Crippen LogP contribution is 2.56. The topological polar surface area (TPSA) is 38.8 Å². The number of hydrogen-bond donors (Lipinski definition) is 0. The Bertz CT molecular complexity index is 244. The van der Waals surface area contributed by atoms with Crippen molar-refractivity contribution >= 4 is 5.97 Å². The minimum Gasteiger partial charge on any atom is -0.464 e.